The maximum absolute atomic E-state index is 12.1. The Morgan fingerprint density at radius 2 is 2.12 bits per heavy atom. The first-order chi connectivity index (χ1) is 8.09. The lowest BCUT2D eigenvalue weighted by Gasteiger charge is -2.27. The molecule has 1 aliphatic carbocycles. The van der Waals surface area contributed by atoms with Crippen LogP contribution in [0.5, 0.6) is 0 Å². The van der Waals surface area contributed by atoms with Crippen LogP contribution >= 0.6 is 0 Å². The van der Waals surface area contributed by atoms with Crippen LogP contribution in [0.3, 0.4) is 0 Å². The third-order valence-electron chi connectivity index (χ3n) is 4.89. The zero-order chi connectivity index (χ0) is 12.0. The van der Waals surface area contributed by atoms with Crippen molar-refractivity contribution in [3.63, 3.8) is 0 Å². The summed E-state index contributed by atoms with van der Waals surface area (Å²) in [7, 11) is 0. The van der Waals surface area contributed by atoms with Crippen LogP contribution in [0.25, 0.3) is 0 Å². The molecule has 3 atom stereocenters. The monoisotopic (exact) mass is 238 g/mol. The van der Waals surface area contributed by atoms with E-state index in [1.165, 1.54) is 0 Å². The fraction of sp³-hybridized carbons (Fsp3) is 0.923. The van der Waals surface area contributed by atoms with Crippen molar-refractivity contribution in [3.05, 3.63) is 0 Å². The van der Waals surface area contributed by atoms with Crippen LogP contribution < -0.4 is 5.32 Å². The highest BCUT2D eigenvalue weighted by Gasteiger charge is 2.62. The van der Waals surface area contributed by atoms with Crippen LogP contribution in [0.1, 0.15) is 20.3 Å². The molecule has 0 aromatic rings. The number of carbonyl (C=O) groups excluding carboxylic acids is 1. The van der Waals surface area contributed by atoms with E-state index < -0.39 is 0 Å². The first kappa shape index (κ1) is 11.5. The molecule has 0 radical (unpaired) electrons. The molecule has 3 rings (SSSR count). The summed E-state index contributed by atoms with van der Waals surface area (Å²) >= 11 is 0. The molecule has 0 spiro atoms. The lowest BCUT2D eigenvalue weighted by Crippen LogP contribution is -2.45. The Bertz CT molecular complexity index is 309. The van der Waals surface area contributed by atoms with Gasteiger partial charge in [-0.3, -0.25) is 4.79 Å². The van der Waals surface area contributed by atoms with Gasteiger partial charge in [0.15, 0.2) is 0 Å². The molecule has 0 bridgehead atoms. The number of hydrogen-bond acceptors (Lipinski definition) is 3. The molecule has 3 unspecified atom stereocenters. The number of carbonyl (C=O) groups is 1. The summed E-state index contributed by atoms with van der Waals surface area (Å²) in [5.74, 6) is 1.81. The molecule has 4 heteroatoms. The predicted molar refractivity (Wildman–Crippen MR) is 64.6 cm³/mol. The molecule has 2 saturated heterocycles. The number of amides is 1. The molecule has 3 aliphatic rings. The summed E-state index contributed by atoms with van der Waals surface area (Å²) in [6, 6.07) is 0.223. The Hall–Kier alpha value is -0.610. The summed E-state index contributed by atoms with van der Waals surface area (Å²) < 4.78 is 5.38. The van der Waals surface area contributed by atoms with Gasteiger partial charge in [-0.25, -0.2) is 0 Å². The Labute approximate surface area is 103 Å². The minimum Gasteiger partial charge on any atom is -0.378 e. The standard InChI is InChI=1S/C13H22N2O2/c1-13(2)10-6-15(7-11(10)13)12(16)5-9-8-17-4-3-14-9/h9-11,14H,3-8H2,1-2H3. The van der Waals surface area contributed by atoms with Gasteiger partial charge >= 0.3 is 0 Å². The van der Waals surface area contributed by atoms with Crippen molar-refractivity contribution in [3.8, 4) is 0 Å². The summed E-state index contributed by atoms with van der Waals surface area (Å²) in [4.78, 5) is 14.2. The fourth-order valence-corrected chi connectivity index (χ4v) is 3.43. The van der Waals surface area contributed by atoms with E-state index in [0.29, 0.717) is 24.3 Å². The van der Waals surface area contributed by atoms with E-state index in [9.17, 15) is 4.79 Å². The van der Waals surface area contributed by atoms with E-state index >= 15 is 0 Å². The van der Waals surface area contributed by atoms with Gasteiger partial charge in [0.25, 0.3) is 0 Å². The summed E-state index contributed by atoms with van der Waals surface area (Å²) in [6.45, 7) is 8.91. The van der Waals surface area contributed by atoms with Crippen LogP contribution in [0.15, 0.2) is 0 Å². The minimum absolute atomic E-state index is 0.223. The van der Waals surface area contributed by atoms with Crippen molar-refractivity contribution >= 4 is 5.91 Å². The average Bonchev–Trinajstić information content (AvgIpc) is 2.70. The number of likely N-dealkylation sites (tertiary alicyclic amines) is 1. The van der Waals surface area contributed by atoms with Crippen molar-refractivity contribution in [1.29, 1.82) is 0 Å². The van der Waals surface area contributed by atoms with Gasteiger partial charge in [-0.05, 0) is 17.3 Å². The molecule has 3 fully saturated rings. The summed E-state index contributed by atoms with van der Waals surface area (Å²) in [6.07, 6.45) is 0.597. The van der Waals surface area contributed by atoms with Crippen LogP contribution in [0.4, 0.5) is 0 Å². The van der Waals surface area contributed by atoms with Crippen molar-refractivity contribution in [2.75, 3.05) is 32.8 Å². The fourth-order valence-electron chi connectivity index (χ4n) is 3.43. The average molecular weight is 238 g/mol. The molecule has 1 N–H and O–H groups in total. The Balaban J connectivity index is 1.48. The predicted octanol–water partition coefficient (Wildman–Crippen LogP) is 0.479. The quantitative estimate of drug-likeness (QED) is 0.761. The number of nitrogens with zero attached hydrogens (tertiary/aromatic N) is 1. The maximum atomic E-state index is 12.1. The topological polar surface area (TPSA) is 41.6 Å². The van der Waals surface area contributed by atoms with Crippen molar-refractivity contribution in [2.24, 2.45) is 17.3 Å². The first-order valence-corrected chi connectivity index (χ1v) is 6.68. The van der Waals surface area contributed by atoms with Gasteiger partial charge in [-0.2, -0.15) is 0 Å². The minimum atomic E-state index is 0.223. The molecule has 4 nitrogen and oxygen atoms in total. The maximum Gasteiger partial charge on any atom is 0.224 e. The third kappa shape index (κ3) is 1.97. The number of rotatable bonds is 2. The lowest BCUT2D eigenvalue weighted by molar-refractivity contribution is -0.132. The number of nitrogens with one attached hydrogen (secondary N) is 1. The Morgan fingerprint density at radius 1 is 1.41 bits per heavy atom. The first-order valence-electron chi connectivity index (χ1n) is 6.68. The van der Waals surface area contributed by atoms with Gasteiger partial charge < -0.3 is 15.0 Å². The molecular formula is C13H22N2O2. The van der Waals surface area contributed by atoms with Gasteiger partial charge in [0.05, 0.1) is 13.2 Å². The van der Waals surface area contributed by atoms with E-state index in [1.807, 2.05) is 0 Å². The highest BCUT2D eigenvalue weighted by molar-refractivity contribution is 5.77. The van der Waals surface area contributed by atoms with E-state index in [2.05, 4.69) is 24.1 Å². The highest BCUT2D eigenvalue weighted by Crippen LogP contribution is 2.61. The van der Waals surface area contributed by atoms with Gasteiger partial charge in [0, 0.05) is 32.1 Å². The van der Waals surface area contributed by atoms with E-state index in [1.54, 1.807) is 0 Å². The zero-order valence-electron chi connectivity index (χ0n) is 10.7. The number of hydrogen-bond donors (Lipinski definition) is 1. The molecule has 0 aromatic carbocycles. The van der Waals surface area contributed by atoms with Crippen molar-refractivity contribution in [2.45, 2.75) is 26.3 Å². The number of morpholine rings is 1. The molecule has 1 amide bonds. The summed E-state index contributed by atoms with van der Waals surface area (Å²) in [5, 5.41) is 3.34. The molecule has 2 heterocycles. The van der Waals surface area contributed by atoms with Gasteiger partial charge in [-0.15, -0.1) is 0 Å². The third-order valence-corrected chi connectivity index (χ3v) is 4.89. The Morgan fingerprint density at radius 3 is 2.71 bits per heavy atom. The van der Waals surface area contributed by atoms with Crippen LogP contribution in [0.2, 0.25) is 0 Å². The van der Waals surface area contributed by atoms with Crippen molar-refractivity contribution in [1.82, 2.24) is 10.2 Å². The second-order valence-electron chi connectivity index (χ2n) is 6.26. The van der Waals surface area contributed by atoms with Gasteiger partial charge in [-0.1, -0.05) is 13.8 Å². The largest absolute Gasteiger partial charge is 0.378 e. The number of ether oxygens (including phenoxy) is 1. The number of fused-ring (bicyclic) bond motifs is 1. The smallest absolute Gasteiger partial charge is 0.224 e. The Kier molecular flexibility index (Phi) is 2.67. The van der Waals surface area contributed by atoms with E-state index in [-0.39, 0.29) is 6.04 Å². The molecule has 17 heavy (non-hydrogen) atoms. The highest BCUT2D eigenvalue weighted by atomic mass is 16.5. The van der Waals surface area contributed by atoms with Crippen LogP contribution in [-0.2, 0) is 9.53 Å². The number of piperidine rings is 1. The van der Waals surface area contributed by atoms with Crippen LogP contribution in [0, 0.1) is 17.3 Å². The second kappa shape index (κ2) is 3.95. The molecular weight excluding hydrogens is 216 g/mol. The van der Waals surface area contributed by atoms with E-state index in [4.69, 9.17) is 4.74 Å². The normalized spacial score (nSPS) is 38.9. The molecule has 1 saturated carbocycles. The van der Waals surface area contributed by atoms with Crippen molar-refractivity contribution < 1.29 is 9.53 Å². The van der Waals surface area contributed by atoms with Crippen LogP contribution in [-0.4, -0.2) is 49.7 Å². The molecule has 0 aromatic heterocycles. The van der Waals surface area contributed by atoms with Gasteiger partial charge in [0.2, 0.25) is 5.91 Å². The van der Waals surface area contributed by atoms with Gasteiger partial charge in [0.1, 0.15) is 0 Å². The molecule has 96 valence electrons. The lowest BCUT2D eigenvalue weighted by atomic mass is 10.1. The second-order valence-corrected chi connectivity index (χ2v) is 6.26. The zero-order valence-corrected chi connectivity index (χ0v) is 10.7. The molecule has 2 aliphatic heterocycles. The van der Waals surface area contributed by atoms with E-state index in [0.717, 1.165) is 38.1 Å². The SMILES string of the molecule is CC1(C)C2CN(C(=O)CC3COCCN3)CC21. The summed E-state index contributed by atoms with van der Waals surface area (Å²) in [5.41, 5.74) is 0.489.